The van der Waals surface area contributed by atoms with Gasteiger partial charge in [-0.2, -0.15) is 16.8 Å². The lowest BCUT2D eigenvalue weighted by Gasteiger charge is -2.09. The Hall–Kier alpha value is -0.300. The van der Waals surface area contributed by atoms with E-state index >= 15 is 0 Å². The number of hydrogen-bond acceptors (Lipinski definition) is 8. The fraction of sp³-hybridized carbons (Fsp3) is 1.00. The second-order valence-electron chi connectivity index (χ2n) is 2.42. The van der Waals surface area contributed by atoms with E-state index in [1.807, 2.05) is 0 Å². The van der Waals surface area contributed by atoms with Crippen molar-refractivity contribution in [2.75, 3.05) is 19.8 Å². The second kappa shape index (κ2) is 5.69. The number of hydrogen-bond donors (Lipinski definition) is 3. The monoisotopic (exact) mass is 266 g/mol. The summed E-state index contributed by atoms with van der Waals surface area (Å²) >= 11 is 0. The third-order valence-corrected chi connectivity index (χ3v) is 2.91. The Morgan fingerprint density at radius 1 is 1.07 bits per heavy atom. The molecule has 0 spiro atoms. The van der Waals surface area contributed by atoms with E-state index in [9.17, 15) is 16.8 Å². The van der Waals surface area contributed by atoms with Crippen LogP contribution in [0, 0.1) is 5.92 Å². The number of aliphatic hydroxyl groups excluding tert-OH is 2. The molecule has 0 unspecified atom stereocenters. The van der Waals surface area contributed by atoms with E-state index in [4.69, 9.17) is 14.8 Å². The molecule has 92 valence electrons. The van der Waals surface area contributed by atoms with Crippen LogP contribution in [0.3, 0.4) is 0 Å². The van der Waals surface area contributed by atoms with Gasteiger partial charge in [0.1, 0.15) is 0 Å². The zero-order chi connectivity index (χ0) is 12.1. The molecular weight excluding hydrogens is 256 g/mol. The van der Waals surface area contributed by atoms with Crippen molar-refractivity contribution < 1.29 is 39.4 Å². The molecule has 0 rings (SSSR count). The molecule has 9 nitrogen and oxygen atoms in total. The third-order valence-electron chi connectivity index (χ3n) is 1.13. The maximum absolute atomic E-state index is 10.6. The van der Waals surface area contributed by atoms with Crippen LogP contribution in [0.2, 0.25) is 0 Å². The Bertz CT molecular complexity index is 363. The van der Waals surface area contributed by atoms with Crippen LogP contribution in [0.15, 0.2) is 0 Å². The van der Waals surface area contributed by atoms with Crippen molar-refractivity contribution in [3.8, 4) is 0 Å². The highest BCUT2D eigenvalue weighted by molar-refractivity contribution is 7.94. The highest BCUT2D eigenvalue weighted by Gasteiger charge is 2.22. The van der Waals surface area contributed by atoms with Gasteiger partial charge in [0.2, 0.25) is 0 Å². The summed E-state index contributed by atoms with van der Waals surface area (Å²) in [5.74, 6) is -0.898. The predicted molar refractivity (Wildman–Crippen MR) is 45.2 cm³/mol. The first-order valence-electron chi connectivity index (χ1n) is 3.50. The summed E-state index contributed by atoms with van der Waals surface area (Å²) < 4.78 is 56.4. The largest absolute Gasteiger partial charge is 0.416 e. The van der Waals surface area contributed by atoms with Crippen LogP contribution in [-0.4, -0.2) is 51.4 Å². The van der Waals surface area contributed by atoms with Crippen LogP contribution in [0.1, 0.15) is 0 Å². The summed E-state index contributed by atoms with van der Waals surface area (Å²) in [6.45, 7) is -1.79. The summed E-state index contributed by atoms with van der Waals surface area (Å²) in [4.78, 5) is 0. The molecule has 3 N–H and O–H groups in total. The Morgan fingerprint density at radius 2 is 1.53 bits per heavy atom. The maximum atomic E-state index is 10.6. The van der Waals surface area contributed by atoms with Gasteiger partial charge in [-0.25, -0.2) is 4.18 Å². The number of aliphatic hydroxyl groups is 2. The topological polar surface area (TPSA) is 147 Å². The van der Waals surface area contributed by atoms with Gasteiger partial charge in [0.25, 0.3) is 0 Å². The first-order valence-corrected chi connectivity index (χ1v) is 6.19. The average Bonchev–Trinajstić information content (AvgIpc) is 2.01. The zero-order valence-corrected chi connectivity index (χ0v) is 8.94. The van der Waals surface area contributed by atoms with Gasteiger partial charge in [-0.15, -0.1) is 3.63 Å². The molecular formula is C4H10O9S2. The molecule has 0 bridgehead atoms. The minimum Gasteiger partial charge on any atom is -0.396 e. The van der Waals surface area contributed by atoms with Crippen molar-refractivity contribution in [2.45, 2.75) is 0 Å². The molecule has 0 saturated carbocycles. The molecule has 0 aromatic carbocycles. The smallest absolute Gasteiger partial charge is 0.396 e. The fourth-order valence-electron chi connectivity index (χ4n) is 0.468. The first-order chi connectivity index (χ1) is 6.70. The SMILES string of the molecule is O=S(=O)(O)OS(=O)(=O)OCC(CO)CO. The average molecular weight is 266 g/mol. The van der Waals surface area contributed by atoms with Crippen LogP contribution in [-0.2, 0) is 28.6 Å². The molecule has 11 heteroatoms. The Balaban J connectivity index is 4.29. The second-order valence-corrected chi connectivity index (χ2v) is 4.87. The molecule has 0 atom stereocenters. The lowest BCUT2D eigenvalue weighted by Crippen LogP contribution is -2.23. The van der Waals surface area contributed by atoms with Crippen LogP contribution in [0.25, 0.3) is 0 Å². The normalized spacial score (nSPS) is 13.3. The third kappa shape index (κ3) is 7.61. The zero-order valence-electron chi connectivity index (χ0n) is 7.31. The Kier molecular flexibility index (Phi) is 5.58. The summed E-state index contributed by atoms with van der Waals surface area (Å²) in [5.41, 5.74) is 0. The van der Waals surface area contributed by atoms with Gasteiger partial charge >= 0.3 is 20.8 Å². The van der Waals surface area contributed by atoms with Gasteiger partial charge in [-0.3, -0.25) is 4.55 Å². The van der Waals surface area contributed by atoms with Gasteiger partial charge in [0, 0.05) is 5.92 Å². The molecule has 0 aromatic rings. The number of rotatable bonds is 7. The van der Waals surface area contributed by atoms with E-state index in [0.29, 0.717) is 0 Å². The lowest BCUT2D eigenvalue weighted by atomic mass is 10.2. The molecule has 0 aliphatic heterocycles. The Morgan fingerprint density at radius 3 is 1.87 bits per heavy atom. The summed E-state index contributed by atoms with van der Waals surface area (Å²) in [5, 5.41) is 17.0. The van der Waals surface area contributed by atoms with Crippen molar-refractivity contribution in [3.63, 3.8) is 0 Å². The molecule has 0 fully saturated rings. The van der Waals surface area contributed by atoms with Crippen molar-refractivity contribution in [3.05, 3.63) is 0 Å². The van der Waals surface area contributed by atoms with Crippen molar-refractivity contribution in [1.82, 2.24) is 0 Å². The van der Waals surface area contributed by atoms with E-state index in [1.165, 1.54) is 0 Å². The molecule has 0 aliphatic carbocycles. The van der Waals surface area contributed by atoms with E-state index in [-0.39, 0.29) is 0 Å². The van der Waals surface area contributed by atoms with E-state index < -0.39 is 46.5 Å². The Labute approximate surface area is 86.5 Å². The minimum absolute atomic E-state index is 0.558. The van der Waals surface area contributed by atoms with Crippen molar-refractivity contribution in [1.29, 1.82) is 0 Å². The van der Waals surface area contributed by atoms with Crippen LogP contribution in [0.5, 0.6) is 0 Å². The standard InChI is InChI=1S/C4H10O9S2/c5-1-4(2-6)3-12-15(10,11)13-14(7,8)9/h4-6H,1-3H2,(H,7,8,9). The quantitative estimate of drug-likeness (QED) is 0.431. The van der Waals surface area contributed by atoms with E-state index in [0.717, 1.165) is 0 Å². The van der Waals surface area contributed by atoms with Crippen LogP contribution < -0.4 is 0 Å². The van der Waals surface area contributed by atoms with Crippen LogP contribution >= 0.6 is 0 Å². The van der Waals surface area contributed by atoms with E-state index in [2.05, 4.69) is 7.81 Å². The highest BCUT2D eigenvalue weighted by Crippen LogP contribution is 2.04. The van der Waals surface area contributed by atoms with Gasteiger partial charge < -0.3 is 10.2 Å². The summed E-state index contributed by atoms with van der Waals surface area (Å²) in [6.07, 6.45) is 0. The predicted octanol–water partition coefficient (Wildman–Crippen LogP) is -2.33. The molecule has 0 aromatic heterocycles. The fourth-order valence-corrected chi connectivity index (χ4v) is 1.83. The first kappa shape index (κ1) is 14.7. The highest BCUT2D eigenvalue weighted by atomic mass is 32.3. The van der Waals surface area contributed by atoms with Crippen molar-refractivity contribution >= 4 is 20.8 Å². The molecule has 15 heavy (non-hydrogen) atoms. The van der Waals surface area contributed by atoms with Crippen LogP contribution in [0.4, 0.5) is 0 Å². The minimum atomic E-state index is -5.18. The van der Waals surface area contributed by atoms with Gasteiger partial charge in [0.05, 0.1) is 19.8 Å². The van der Waals surface area contributed by atoms with Gasteiger partial charge in [-0.1, -0.05) is 0 Å². The summed E-state index contributed by atoms with van der Waals surface area (Å²) in [6, 6.07) is 0. The molecule has 0 saturated heterocycles. The molecule has 0 amide bonds. The molecule has 0 radical (unpaired) electrons. The molecule has 0 heterocycles. The summed E-state index contributed by atoms with van der Waals surface area (Å²) in [7, 11) is -10.1. The maximum Gasteiger partial charge on any atom is 0.416 e. The van der Waals surface area contributed by atoms with Gasteiger partial charge in [-0.05, 0) is 0 Å². The molecule has 0 aliphatic rings. The van der Waals surface area contributed by atoms with E-state index in [1.54, 1.807) is 0 Å². The van der Waals surface area contributed by atoms with Gasteiger partial charge in [0.15, 0.2) is 0 Å². The van der Waals surface area contributed by atoms with Crippen molar-refractivity contribution in [2.24, 2.45) is 5.92 Å². The lowest BCUT2D eigenvalue weighted by molar-refractivity contribution is 0.104.